The number of nitrogens with two attached hydrogens (primary N) is 1. The van der Waals surface area contributed by atoms with Crippen molar-refractivity contribution in [2.24, 2.45) is 5.73 Å². The molecule has 1 heterocycles. The van der Waals surface area contributed by atoms with Gasteiger partial charge in [-0.25, -0.2) is 4.39 Å². The Bertz CT molecular complexity index is 482. The summed E-state index contributed by atoms with van der Waals surface area (Å²) in [5.41, 5.74) is 7.38. The van der Waals surface area contributed by atoms with Gasteiger partial charge in [0.05, 0.1) is 0 Å². The van der Waals surface area contributed by atoms with Gasteiger partial charge in [0.15, 0.2) is 0 Å². The first kappa shape index (κ1) is 15.4. The molecule has 2 rings (SSSR count). The van der Waals surface area contributed by atoms with E-state index >= 15 is 0 Å². The average Bonchev–Trinajstić information content (AvgIpc) is 2.39. The van der Waals surface area contributed by atoms with E-state index in [-0.39, 0.29) is 5.82 Å². The Morgan fingerprint density at radius 1 is 1.30 bits per heavy atom. The van der Waals surface area contributed by atoms with Crippen LogP contribution in [-0.2, 0) is 6.54 Å². The summed E-state index contributed by atoms with van der Waals surface area (Å²) in [5, 5.41) is 0. The minimum absolute atomic E-state index is 0.235. The highest BCUT2D eigenvalue weighted by molar-refractivity contribution is 7.80. The van der Waals surface area contributed by atoms with Crippen LogP contribution in [0, 0.1) is 5.82 Å². The SMILES string of the molecule is CC(C)N1CCN(Cc2cc(F)ccc2C(N)=S)CC1. The van der Waals surface area contributed by atoms with Crippen molar-refractivity contribution in [3.63, 3.8) is 0 Å². The molecule has 1 aliphatic heterocycles. The van der Waals surface area contributed by atoms with Crippen LogP contribution in [0.2, 0.25) is 0 Å². The smallest absolute Gasteiger partial charge is 0.123 e. The zero-order valence-electron chi connectivity index (χ0n) is 12.1. The Kier molecular flexibility index (Phi) is 5.07. The molecule has 1 aromatic rings. The maximum Gasteiger partial charge on any atom is 0.123 e. The van der Waals surface area contributed by atoms with Crippen molar-refractivity contribution in [2.75, 3.05) is 26.2 Å². The first-order valence-corrected chi connectivity index (χ1v) is 7.43. The lowest BCUT2D eigenvalue weighted by atomic mass is 10.1. The first-order chi connectivity index (χ1) is 9.47. The lowest BCUT2D eigenvalue weighted by molar-refractivity contribution is 0.104. The third-order valence-corrected chi connectivity index (χ3v) is 4.08. The first-order valence-electron chi connectivity index (χ1n) is 7.02. The van der Waals surface area contributed by atoms with Crippen molar-refractivity contribution in [3.8, 4) is 0 Å². The van der Waals surface area contributed by atoms with Gasteiger partial charge in [-0.1, -0.05) is 12.2 Å². The molecule has 0 atom stereocenters. The standard InChI is InChI=1S/C15H22FN3S/c1-11(2)19-7-5-18(6-8-19)10-12-9-13(16)3-4-14(12)15(17)20/h3-4,9,11H,5-8,10H2,1-2H3,(H2,17,20). The highest BCUT2D eigenvalue weighted by Crippen LogP contribution is 2.16. The normalized spacial score (nSPS) is 17.6. The van der Waals surface area contributed by atoms with Crippen molar-refractivity contribution in [1.82, 2.24) is 9.80 Å². The summed E-state index contributed by atoms with van der Waals surface area (Å²) in [4.78, 5) is 5.12. The molecule has 1 aromatic carbocycles. The molecule has 1 fully saturated rings. The number of nitrogens with zero attached hydrogens (tertiary/aromatic N) is 2. The highest BCUT2D eigenvalue weighted by atomic mass is 32.1. The molecular weight excluding hydrogens is 273 g/mol. The molecule has 5 heteroatoms. The molecule has 110 valence electrons. The maximum atomic E-state index is 13.4. The van der Waals surface area contributed by atoms with E-state index in [9.17, 15) is 4.39 Å². The summed E-state index contributed by atoms with van der Waals surface area (Å²) in [6.07, 6.45) is 0. The van der Waals surface area contributed by atoms with Gasteiger partial charge in [-0.3, -0.25) is 9.80 Å². The van der Waals surface area contributed by atoms with Gasteiger partial charge in [-0.05, 0) is 37.6 Å². The Labute approximate surface area is 125 Å². The number of rotatable bonds is 4. The van der Waals surface area contributed by atoms with Crippen molar-refractivity contribution in [3.05, 3.63) is 35.1 Å². The van der Waals surface area contributed by atoms with Crippen LogP contribution in [0.4, 0.5) is 4.39 Å². The second-order valence-electron chi connectivity index (χ2n) is 5.57. The van der Waals surface area contributed by atoms with Crippen molar-refractivity contribution in [1.29, 1.82) is 0 Å². The number of halogens is 1. The molecule has 20 heavy (non-hydrogen) atoms. The number of piperazine rings is 1. The molecule has 1 aliphatic rings. The topological polar surface area (TPSA) is 32.5 Å². The molecule has 0 saturated carbocycles. The van der Waals surface area contributed by atoms with Gasteiger partial charge in [0.1, 0.15) is 10.8 Å². The number of hydrogen-bond acceptors (Lipinski definition) is 3. The Morgan fingerprint density at radius 3 is 2.50 bits per heavy atom. The number of thiocarbonyl (C=S) groups is 1. The van der Waals surface area contributed by atoms with Crippen LogP contribution < -0.4 is 5.73 Å². The number of hydrogen-bond donors (Lipinski definition) is 1. The van der Waals surface area contributed by atoms with Gasteiger partial charge < -0.3 is 5.73 Å². The highest BCUT2D eigenvalue weighted by Gasteiger charge is 2.20. The van der Waals surface area contributed by atoms with Crippen LogP contribution >= 0.6 is 12.2 Å². The monoisotopic (exact) mass is 295 g/mol. The predicted octanol–water partition coefficient (Wildman–Crippen LogP) is 1.99. The Morgan fingerprint density at radius 2 is 1.95 bits per heavy atom. The molecule has 0 bridgehead atoms. The van der Waals surface area contributed by atoms with Crippen LogP contribution in [-0.4, -0.2) is 47.0 Å². The zero-order valence-corrected chi connectivity index (χ0v) is 12.9. The van der Waals surface area contributed by atoms with Gasteiger partial charge in [0.25, 0.3) is 0 Å². The molecule has 2 N–H and O–H groups in total. The van der Waals surface area contributed by atoms with Gasteiger partial charge in [0, 0.05) is 44.3 Å². The van der Waals surface area contributed by atoms with Crippen molar-refractivity contribution < 1.29 is 4.39 Å². The fourth-order valence-corrected chi connectivity index (χ4v) is 2.81. The lowest BCUT2D eigenvalue weighted by Gasteiger charge is -2.37. The molecule has 0 aromatic heterocycles. The zero-order chi connectivity index (χ0) is 14.7. The second kappa shape index (κ2) is 6.61. The summed E-state index contributed by atoms with van der Waals surface area (Å²) >= 11 is 5.04. The van der Waals surface area contributed by atoms with E-state index in [1.807, 2.05) is 0 Å². The molecule has 0 unspecified atom stereocenters. The van der Waals surface area contributed by atoms with E-state index in [0.29, 0.717) is 17.6 Å². The van der Waals surface area contributed by atoms with Gasteiger partial charge in [0.2, 0.25) is 0 Å². The quantitative estimate of drug-likeness (QED) is 0.861. The van der Waals surface area contributed by atoms with E-state index in [1.54, 1.807) is 12.1 Å². The predicted molar refractivity (Wildman–Crippen MR) is 84.3 cm³/mol. The fourth-order valence-electron chi connectivity index (χ4n) is 2.61. The summed E-state index contributed by atoms with van der Waals surface area (Å²) in [6.45, 7) is 9.22. The van der Waals surface area contributed by atoms with Crippen LogP contribution in [0.1, 0.15) is 25.0 Å². The molecule has 0 amide bonds. The van der Waals surface area contributed by atoms with Gasteiger partial charge >= 0.3 is 0 Å². The Balaban J connectivity index is 2.04. The fraction of sp³-hybridized carbons (Fsp3) is 0.533. The summed E-state index contributed by atoms with van der Waals surface area (Å²) in [6, 6.07) is 5.22. The van der Waals surface area contributed by atoms with Crippen molar-refractivity contribution >= 4 is 17.2 Å². The third kappa shape index (κ3) is 3.75. The molecule has 0 radical (unpaired) electrons. The molecular formula is C15H22FN3S. The van der Waals surface area contributed by atoms with Crippen LogP contribution in [0.25, 0.3) is 0 Å². The van der Waals surface area contributed by atoms with E-state index in [1.165, 1.54) is 6.07 Å². The summed E-state index contributed by atoms with van der Waals surface area (Å²) in [5.74, 6) is -0.235. The van der Waals surface area contributed by atoms with E-state index in [2.05, 4.69) is 23.6 Å². The minimum atomic E-state index is -0.235. The molecule has 1 saturated heterocycles. The van der Waals surface area contributed by atoms with Crippen LogP contribution in [0.15, 0.2) is 18.2 Å². The second-order valence-corrected chi connectivity index (χ2v) is 6.01. The van der Waals surface area contributed by atoms with E-state index in [4.69, 9.17) is 18.0 Å². The summed E-state index contributed by atoms with van der Waals surface area (Å²) in [7, 11) is 0. The molecule has 0 spiro atoms. The molecule has 3 nitrogen and oxygen atoms in total. The average molecular weight is 295 g/mol. The molecule has 0 aliphatic carbocycles. The third-order valence-electron chi connectivity index (χ3n) is 3.86. The van der Waals surface area contributed by atoms with Crippen molar-refractivity contribution in [2.45, 2.75) is 26.4 Å². The van der Waals surface area contributed by atoms with Crippen LogP contribution in [0.5, 0.6) is 0 Å². The maximum absolute atomic E-state index is 13.4. The minimum Gasteiger partial charge on any atom is -0.389 e. The largest absolute Gasteiger partial charge is 0.389 e. The van der Waals surface area contributed by atoms with Gasteiger partial charge in [-0.2, -0.15) is 0 Å². The van der Waals surface area contributed by atoms with Crippen LogP contribution in [0.3, 0.4) is 0 Å². The lowest BCUT2D eigenvalue weighted by Crippen LogP contribution is -2.48. The van der Waals surface area contributed by atoms with E-state index < -0.39 is 0 Å². The van der Waals surface area contributed by atoms with Gasteiger partial charge in [-0.15, -0.1) is 0 Å². The Hall–Kier alpha value is -1.04. The number of benzene rings is 1. The summed E-state index contributed by atoms with van der Waals surface area (Å²) < 4.78 is 13.4. The van der Waals surface area contributed by atoms with E-state index in [0.717, 1.165) is 37.3 Å².